The summed E-state index contributed by atoms with van der Waals surface area (Å²) in [5.41, 5.74) is 5.33. The molecule has 2 aromatic carbocycles. The van der Waals surface area contributed by atoms with Gasteiger partial charge in [-0.15, -0.1) is 0 Å². The van der Waals surface area contributed by atoms with Crippen molar-refractivity contribution < 1.29 is 9.53 Å². The third kappa shape index (κ3) is 5.27. The number of carbonyl (C=O) groups is 1. The smallest absolute Gasteiger partial charge is 0.308 e. The van der Waals surface area contributed by atoms with Gasteiger partial charge in [0, 0.05) is 28.2 Å². The van der Waals surface area contributed by atoms with Crippen molar-refractivity contribution in [1.82, 2.24) is 0 Å². The molecule has 1 unspecified atom stereocenters. The number of benzene rings is 2. The van der Waals surface area contributed by atoms with E-state index >= 15 is 0 Å². The fraction of sp³-hybridized carbons (Fsp3) is 0.458. The summed E-state index contributed by atoms with van der Waals surface area (Å²) in [5.74, 6) is 0.411. The van der Waals surface area contributed by atoms with Gasteiger partial charge in [-0.2, -0.15) is 0 Å². The lowest BCUT2D eigenvalue weighted by Crippen LogP contribution is -2.21. The highest BCUT2D eigenvalue weighted by Gasteiger charge is 2.29. The van der Waals surface area contributed by atoms with Crippen molar-refractivity contribution in [1.29, 1.82) is 0 Å². The molecule has 2 aromatic rings. The fourth-order valence-electron chi connectivity index (χ4n) is 3.27. The maximum atomic E-state index is 11.9. The molecule has 0 spiro atoms. The molecule has 4 heteroatoms. The Morgan fingerprint density at radius 2 is 1.50 bits per heavy atom. The lowest BCUT2D eigenvalue weighted by Gasteiger charge is -2.30. The number of carbonyl (C=O) groups excluding carboxylic acids is 1. The maximum absolute atomic E-state index is 11.9. The molecule has 28 heavy (non-hydrogen) atoms. The van der Waals surface area contributed by atoms with Gasteiger partial charge in [0.2, 0.25) is 0 Å². The number of alkyl halides is 2. The number of halogens is 2. The van der Waals surface area contributed by atoms with Crippen LogP contribution >= 0.6 is 31.9 Å². The summed E-state index contributed by atoms with van der Waals surface area (Å²) < 4.78 is 5.76. The van der Waals surface area contributed by atoms with Crippen LogP contribution < -0.4 is 4.74 Å². The van der Waals surface area contributed by atoms with Gasteiger partial charge in [0.05, 0.1) is 0 Å². The molecule has 2 rings (SSSR count). The van der Waals surface area contributed by atoms with E-state index in [4.69, 9.17) is 4.74 Å². The van der Waals surface area contributed by atoms with Crippen LogP contribution in [0.25, 0.3) is 11.1 Å². The van der Waals surface area contributed by atoms with Crippen LogP contribution in [0.15, 0.2) is 36.4 Å². The standard InChI is InChI=1S/C24H30Br2O2/c1-15(27)28-22-19(23(2,3)4)12-16(13-20(22)24(5,6)7)17-10-8-9-11-18(17)21(26)14-25/h8-13,21H,14H2,1-7H3. The zero-order valence-electron chi connectivity index (χ0n) is 17.8. The van der Waals surface area contributed by atoms with E-state index < -0.39 is 0 Å². The summed E-state index contributed by atoms with van der Waals surface area (Å²) in [7, 11) is 0. The van der Waals surface area contributed by atoms with Gasteiger partial charge in [0.15, 0.2) is 0 Å². The van der Waals surface area contributed by atoms with Crippen LogP contribution in [-0.4, -0.2) is 11.3 Å². The molecular formula is C24H30Br2O2. The first-order valence-corrected chi connectivity index (χ1v) is 11.6. The highest BCUT2D eigenvalue weighted by atomic mass is 79.9. The third-order valence-electron chi connectivity index (χ3n) is 4.70. The van der Waals surface area contributed by atoms with E-state index in [9.17, 15) is 4.79 Å². The normalized spacial score (nSPS) is 13.3. The molecule has 0 saturated carbocycles. The van der Waals surface area contributed by atoms with E-state index in [1.54, 1.807) is 0 Å². The van der Waals surface area contributed by atoms with Crippen LogP contribution in [0.4, 0.5) is 0 Å². The first-order chi connectivity index (χ1) is 12.9. The largest absolute Gasteiger partial charge is 0.426 e. The quantitative estimate of drug-likeness (QED) is 0.239. The minimum atomic E-state index is -0.288. The van der Waals surface area contributed by atoms with Gasteiger partial charge in [-0.05, 0) is 39.7 Å². The number of rotatable bonds is 4. The average molecular weight is 510 g/mol. The van der Waals surface area contributed by atoms with Gasteiger partial charge in [0.1, 0.15) is 5.75 Å². The van der Waals surface area contributed by atoms with E-state index in [0.29, 0.717) is 5.75 Å². The third-order valence-corrected chi connectivity index (χ3v) is 7.03. The molecule has 0 aromatic heterocycles. The Labute approximate surface area is 186 Å². The lowest BCUT2D eigenvalue weighted by atomic mass is 9.77. The van der Waals surface area contributed by atoms with Crippen molar-refractivity contribution in [3.05, 3.63) is 53.1 Å². The van der Waals surface area contributed by atoms with Crippen LogP contribution in [-0.2, 0) is 15.6 Å². The number of ether oxygens (including phenoxy) is 1. The SMILES string of the molecule is CC(=O)Oc1c(C(C)(C)C)cc(-c2ccccc2C(Br)CBr)cc1C(C)(C)C. The Hall–Kier alpha value is -1.13. The minimum Gasteiger partial charge on any atom is -0.426 e. The number of esters is 1. The van der Waals surface area contributed by atoms with Crippen molar-refractivity contribution in [3.8, 4) is 16.9 Å². The predicted molar refractivity (Wildman–Crippen MR) is 126 cm³/mol. The van der Waals surface area contributed by atoms with E-state index in [1.165, 1.54) is 18.1 Å². The van der Waals surface area contributed by atoms with Crippen molar-refractivity contribution in [2.45, 2.75) is 64.1 Å². The summed E-state index contributed by atoms with van der Waals surface area (Å²) in [6.45, 7) is 14.4. The van der Waals surface area contributed by atoms with Crippen molar-refractivity contribution in [2.24, 2.45) is 0 Å². The summed E-state index contributed by atoms with van der Waals surface area (Å²) in [6.07, 6.45) is 0. The Morgan fingerprint density at radius 1 is 1.00 bits per heavy atom. The molecule has 2 nitrogen and oxygen atoms in total. The zero-order valence-corrected chi connectivity index (χ0v) is 21.0. The van der Waals surface area contributed by atoms with E-state index in [2.05, 4.69) is 110 Å². The summed E-state index contributed by atoms with van der Waals surface area (Å²) in [6, 6.07) is 12.8. The fourth-order valence-corrected chi connectivity index (χ4v) is 4.02. The maximum Gasteiger partial charge on any atom is 0.308 e. The molecule has 0 bridgehead atoms. The molecule has 0 aliphatic rings. The van der Waals surface area contributed by atoms with Crippen LogP contribution in [0.5, 0.6) is 5.75 Å². The molecule has 1 atom stereocenters. The van der Waals surface area contributed by atoms with Gasteiger partial charge < -0.3 is 4.74 Å². The lowest BCUT2D eigenvalue weighted by molar-refractivity contribution is -0.132. The van der Waals surface area contributed by atoms with E-state index in [-0.39, 0.29) is 21.6 Å². The molecule has 0 saturated heterocycles. The molecule has 0 fully saturated rings. The van der Waals surface area contributed by atoms with Crippen LogP contribution in [0, 0.1) is 0 Å². The first kappa shape index (κ1) is 23.2. The van der Waals surface area contributed by atoms with Gasteiger partial charge in [-0.25, -0.2) is 0 Å². The van der Waals surface area contributed by atoms with Gasteiger partial charge in [0.25, 0.3) is 0 Å². The van der Waals surface area contributed by atoms with Crippen molar-refractivity contribution >= 4 is 37.8 Å². The highest BCUT2D eigenvalue weighted by Crippen LogP contribution is 2.44. The molecule has 0 aliphatic heterocycles. The summed E-state index contributed by atoms with van der Waals surface area (Å²) >= 11 is 7.37. The molecule has 0 amide bonds. The number of hydrogen-bond donors (Lipinski definition) is 0. The minimum absolute atomic E-state index is 0.168. The summed E-state index contributed by atoms with van der Waals surface area (Å²) in [5, 5.41) is 0.827. The summed E-state index contributed by atoms with van der Waals surface area (Å²) in [4.78, 5) is 12.1. The monoisotopic (exact) mass is 508 g/mol. The van der Waals surface area contributed by atoms with E-state index in [0.717, 1.165) is 22.0 Å². The van der Waals surface area contributed by atoms with Gasteiger partial charge >= 0.3 is 5.97 Å². The molecule has 0 N–H and O–H groups in total. The van der Waals surface area contributed by atoms with Crippen molar-refractivity contribution in [2.75, 3.05) is 5.33 Å². The molecule has 152 valence electrons. The Bertz CT molecular complexity index is 823. The van der Waals surface area contributed by atoms with Crippen LogP contribution in [0.2, 0.25) is 0 Å². The van der Waals surface area contributed by atoms with Crippen LogP contribution in [0.3, 0.4) is 0 Å². The topological polar surface area (TPSA) is 26.3 Å². The zero-order chi connectivity index (χ0) is 21.3. The van der Waals surface area contributed by atoms with E-state index in [1.807, 2.05) is 0 Å². The first-order valence-electron chi connectivity index (χ1n) is 9.53. The molecule has 0 aliphatic carbocycles. The Kier molecular flexibility index (Phi) is 7.20. The number of hydrogen-bond acceptors (Lipinski definition) is 2. The molecule has 0 radical (unpaired) electrons. The van der Waals surface area contributed by atoms with Gasteiger partial charge in [-0.3, -0.25) is 4.79 Å². The average Bonchev–Trinajstić information content (AvgIpc) is 2.58. The van der Waals surface area contributed by atoms with Crippen molar-refractivity contribution in [3.63, 3.8) is 0 Å². The predicted octanol–water partition coefficient (Wildman–Crippen LogP) is 7.70. The molecule has 0 heterocycles. The Balaban J connectivity index is 2.88. The van der Waals surface area contributed by atoms with Crippen LogP contribution in [0.1, 0.15) is 70.0 Å². The Morgan fingerprint density at radius 3 is 1.93 bits per heavy atom. The highest BCUT2D eigenvalue weighted by molar-refractivity contribution is 9.12. The second-order valence-corrected chi connectivity index (χ2v) is 11.0. The second-order valence-electron chi connectivity index (χ2n) is 9.20. The van der Waals surface area contributed by atoms with Gasteiger partial charge in [-0.1, -0.05) is 97.7 Å². The molecular weight excluding hydrogens is 480 g/mol. The second kappa shape index (κ2) is 8.71.